The average Bonchev–Trinajstić information content (AvgIpc) is 2.67. The van der Waals surface area contributed by atoms with Gasteiger partial charge < -0.3 is 4.74 Å². The van der Waals surface area contributed by atoms with Crippen LogP contribution in [0.1, 0.15) is 25.3 Å². The molecule has 0 saturated carbocycles. The van der Waals surface area contributed by atoms with Crippen molar-refractivity contribution in [3.63, 3.8) is 0 Å². The minimum absolute atomic E-state index is 0.216. The van der Waals surface area contributed by atoms with Gasteiger partial charge in [-0.1, -0.05) is 42.6 Å². The molecule has 1 fully saturated rings. The van der Waals surface area contributed by atoms with Crippen LogP contribution in [-0.4, -0.2) is 24.5 Å². The van der Waals surface area contributed by atoms with Crippen molar-refractivity contribution in [2.24, 2.45) is 0 Å². The van der Waals surface area contributed by atoms with Gasteiger partial charge in [0.25, 0.3) is 11.8 Å². The average molecular weight is 433 g/mol. The Balaban J connectivity index is 2.00. The van der Waals surface area contributed by atoms with E-state index in [1.54, 1.807) is 36.4 Å². The third-order valence-corrected chi connectivity index (χ3v) is 4.67. The van der Waals surface area contributed by atoms with Gasteiger partial charge in [0.2, 0.25) is 0 Å². The number of carbonyl (C=O) groups excluding carboxylic acids is 3. The number of halogens is 2. The van der Waals surface area contributed by atoms with Gasteiger partial charge in [-0.2, -0.15) is 0 Å². The second kappa shape index (κ2) is 9.11. The van der Waals surface area contributed by atoms with E-state index in [0.717, 1.165) is 17.7 Å². The third kappa shape index (κ3) is 4.78. The molecule has 29 heavy (non-hydrogen) atoms. The summed E-state index contributed by atoms with van der Waals surface area (Å²) in [6.45, 7) is 2.53. The maximum absolute atomic E-state index is 13.0. The molecule has 0 atom stereocenters. The van der Waals surface area contributed by atoms with Crippen molar-refractivity contribution in [3.8, 4) is 5.75 Å². The standard InChI is InChI=1S/C21H18Cl2N2O4/c1-2-3-9-29-18-8-7-15(23)10-13(18)11-17-19(26)24-21(28)25(20(17)27)16-6-4-5-14(22)12-16/h4-8,10-12H,2-3,9H2,1H3,(H,24,26,28)/b17-11+. The van der Waals surface area contributed by atoms with Gasteiger partial charge >= 0.3 is 6.03 Å². The molecule has 2 aromatic rings. The molecule has 150 valence electrons. The second-order valence-electron chi connectivity index (χ2n) is 6.32. The predicted octanol–water partition coefficient (Wildman–Crippen LogP) is 4.84. The van der Waals surface area contributed by atoms with Crippen LogP contribution >= 0.6 is 23.2 Å². The molecule has 1 heterocycles. The number of barbiturate groups is 1. The molecule has 4 amide bonds. The zero-order valence-electron chi connectivity index (χ0n) is 15.6. The van der Waals surface area contributed by atoms with Gasteiger partial charge in [-0.05, 0) is 48.9 Å². The highest BCUT2D eigenvalue weighted by Gasteiger charge is 2.37. The number of anilines is 1. The van der Waals surface area contributed by atoms with Crippen molar-refractivity contribution in [2.45, 2.75) is 19.8 Å². The number of amides is 4. The summed E-state index contributed by atoms with van der Waals surface area (Å²) in [6, 6.07) is 10.3. The molecule has 1 aliphatic rings. The fourth-order valence-corrected chi connectivity index (χ4v) is 3.12. The lowest BCUT2D eigenvalue weighted by Crippen LogP contribution is -2.54. The number of rotatable bonds is 6. The van der Waals surface area contributed by atoms with E-state index < -0.39 is 17.8 Å². The normalized spacial score (nSPS) is 15.6. The van der Waals surface area contributed by atoms with Crippen LogP contribution in [0.25, 0.3) is 6.08 Å². The number of unbranched alkanes of at least 4 members (excludes halogenated alkanes) is 1. The van der Waals surface area contributed by atoms with Crippen molar-refractivity contribution >= 4 is 52.8 Å². The molecule has 8 heteroatoms. The quantitative estimate of drug-likeness (QED) is 0.402. The van der Waals surface area contributed by atoms with Crippen molar-refractivity contribution in [1.29, 1.82) is 0 Å². The first-order valence-electron chi connectivity index (χ1n) is 9.00. The Kier molecular flexibility index (Phi) is 6.56. The summed E-state index contributed by atoms with van der Waals surface area (Å²) >= 11 is 12.1. The number of urea groups is 1. The summed E-state index contributed by atoms with van der Waals surface area (Å²) < 4.78 is 5.75. The van der Waals surface area contributed by atoms with E-state index in [1.807, 2.05) is 6.92 Å². The summed E-state index contributed by atoms with van der Waals surface area (Å²) in [4.78, 5) is 38.5. The third-order valence-electron chi connectivity index (χ3n) is 4.20. The van der Waals surface area contributed by atoms with Gasteiger partial charge in [0.05, 0.1) is 12.3 Å². The molecular formula is C21H18Cl2N2O4. The van der Waals surface area contributed by atoms with Crippen LogP contribution < -0.4 is 15.0 Å². The lowest BCUT2D eigenvalue weighted by atomic mass is 10.1. The van der Waals surface area contributed by atoms with Crippen LogP contribution in [0.15, 0.2) is 48.0 Å². The highest BCUT2D eigenvalue weighted by Crippen LogP contribution is 2.28. The molecule has 0 bridgehead atoms. The van der Waals surface area contributed by atoms with Crippen molar-refractivity contribution in [2.75, 3.05) is 11.5 Å². The Bertz CT molecular complexity index is 1000. The number of nitrogens with zero attached hydrogens (tertiary/aromatic N) is 1. The number of hydrogen-bond acceptors (Lipinski definition) is 4. The molecule has 0 spiro atoms. The Hall–Kier alpha value is -2.83. The van der Waals surface area contributed by atoms with Crippen LogP contribution in [-0.2, 0) is 9.59 Å². The van der Waals surface area contributed by atoms with E-state index in [2.05, 4.69) is 5.32 Å². The van der Waals surface area contributed by atoms with Crippen LogP contribution in [0.3, 0.4) is 0 Å². The molecule has 0 unspecified atom stereocenters. The number of nitrogens with one attached hydrogen (secondary N) is 1. The van der Waals surface area contributed by atoms with Gasteiger partial charge in [-0.25, -0.2) is 9.69 Å². The van der Waals surface area contributed by atoms with Crippen molar-refractivity contribution in [1.82, 2.24) is 5.32 Å². The molecule has 2 aromatic carbocycles. The monoisotopic (exact) mass is 432 g/mol. The van der Waals surface area contributed by atoms with Gasteiger partial charge in [-0.3, -0.25) is 14.9 Å². The maximum atomic E-state index is 13.0. The number of imide groups is 2. The zero-order valence-corrected chi connectivity index (χ0v) is 17.1. The summed E-state index contributed by atoms with van der Waals surface area (Å²) in [5.41, 5.74) is 0.503. The number of hydrogen-bond donors (Lipinski definition) is 1. The molecule has 0 aromatic heterocycles. The molecule has 1 saturated heterocycles. The van der Waals surface area contributed by atoms with E-state index in [4.69, 9.17) is 27.9 Å². The smallest absolute Gasteiger partial charge is 0.335 e. The highest BCUT2D eigenvalue weighted by atomic mass is 35.5. The van der Waals surface area contributed by atoms with Crippen molar-refractivity contribution in [3.05, 3.63) is 63.6 Å². The minimum Gasteiger partial charge on any atom is -0.493 e. The Morgan fingerprint density at radius 2 is 1.83 bits per heavy atom. The zero-order chi connectivity index (χ0) is 21.0. The van der Waals surface area contributed by atoms with Crippen LogP contribution in [0.2, 0.25) is 10.0 Å². The van der Waals surface area contributed by atoms with E-state index in [-0.39, 0.29) is 11.3 Å². The molecule has 0 aliphatic carbocycles. The van der Waals surface area contributed by atoms with E-state index in [9.17, 15) is 14.4 Å². The first-order chi connectivity index (χ1) is 13.9. The lowest BCUT2D eigenvalue weighted by molar-refractivity contribution is -0.122. The number of ether oxygens (including phenoxy) is 1. The largest absolute Gasteiger partial charge is 0.493 e. The SMILES string of the molecule is CCCCOc1ccc(Cl)cc1/C=C1\C(=O)NC(=O)N(c2cccc(Cl)c2)C1=O. The predicted molar refractivity (Wildman–Crippen MR) is 112 cm³/mol. The Labute approximate surface area is 178 Å². The van der Waals surface area contributed by atoms with Crippen LogP contribution in [0, 0.1) is 0 Å². The van der Waals surface area contributed by atoms with Gasteiger partial charge in [0.15, 0.2) is 0 Å². The number of benzene rings is 2. The fourth-order valence-electron chi connectivity index (χ4n) is 2.75. The summed E-state index contributed by atoms with van der Waals surface area (Å²) in [7, 11) is 0. The lowest BCUT2D eigenvalue weighted by Gasteiger charge is -2.26. The Morgan fingerprint density at radius 3 is 2.55 bits per heavy atom. The highest BCUT2D eigenvalue weighted by molar-refractivity contribution is 6.39. The fraction of sp³-hybridized carbons (Fsp3) is 0.190. The first kappa shape index (κ1) is 20.9. The van der Waals surface area contributed by atoms with Gasteiger partial charge in [0, 0.05) is 15.6 Å². The first-order valence-corrected chi connectivity index (χ1v) is 9.75. The molecule has 3 rings (SSSR count). The summed E-state index contributed by atoms with van der Waals surface area (Å²) in [6.07, 6.45) is 3.19. The molecular weight excluding hydrogens is 415 g/mol. The van der Waals surface area contributed by atoms with Crippen molar-refractivity contribution < 1.29 is 19.1 Å². The van der Waals surface area contributed by atoms with Crippen LogP contribution in [0.4, 0.5) is 10.5 Å². The van der Waals surface area contributed by atoms with Crippen LogP contribution in [0.5, 0.6) is 5.75 Å². The molecule has 6 nitrogen and oxygen atoms in total. The Morgan fingerprint density at radius 1 is 1.07 bits per heavy atom. The van der Waals surface area contributed by atoms with E-state index >= 15 is 0 Å². The van der Waals surface area contributed by atoms with E-state index in [1.165, 1.54) is 12.1 Å². The topological polar surface area (TPSA) is 75.7 Å². The second-order valence-corrected chi connectivity index (χ2v) is 7.19. The number of carbonyl (C=O) groups is 3. The molecule has 1 aliphatic heterocycles. The van der Waals surface area contributed by atoms with E-state index in [0.29, 0.717) is 28.0 Å². The summed E-state index contributed by atoms with van der Waals surface area (Å²) in [5, 5.41) is 2.95. The van der Waals surface area contributed by atoms with Gasteiger partial charge in [-0.15, -0.1) is 0 Å². The molecule has 1 N–H and O–H groups in total. The maximum Gasteiger partial charge on any atom is 0.335 e. The summed E-state index contributed by atoms with van der Waals surface area (Å²) in [5.74, 6) is -1.07. The van der Waals surface area contributed by atoms with Gasteiger partial charge in [0.1, 0.15) is 11.3 Å². The minimum atomic E-state index is -0.843. The molecule has 0 radical (unpaired) electrons.